The van der Waals surface area contributed by atoms with Crippen LogP contribution in [0, 0.1) is 0 Å². The van der Waals surface area contributed by atoms with Gasteiger partial charge in [-0.05, 0) is 26.0 Å². The Morgan fingerprint density at radius 1 is 1.30 bits per heavy atom. The van der Waals surface area contributed by atoms with Gasteiger partial charge in [0.05, 0.1) is 12.8 Å². The van der Waals surface area contributed by atoms with Gasteiger partial charge < -0.3 is 15.2 Å². The molecule has 0 unspecified atom stereocenters. The maximum Gasteiger partial charge on any atom is 0.132 e. The van der Waals surface area contributed by atoms with Gasteiger partial charge in [-0.1, -0.05) is 6.07 Å². The predicted octanol–water partition coefficient (Wildman–Crippen LogP) is 2.51. The van der Waals surface area contributed by atoms with Crippen LogP contribution in [-0.2, 0) is 13.2 Å². The third-order valence-corrected chi connectivity index (χ3v) is 3.06. The molecule has 0 fully saturated rings. The van der Waals surface area contributed by atoms with E-state index >= 15 is 0 Å². The van der Waals surface area contributed by atoms with E-state index in [4.69, 9.17) is 15.2 Å². The van der Waals surface area contributed by atoms with Gasteiger partial charge in [0.2, 0.25) is 0 Å². The summed E-state index contributed by atoms with van der Waals surface area (Å²) >= 11 is 0. The van der Waals surface area contributed by atoms with Crippen molar-refractivity contribution in [2.45, 2.75) is 33.0 Å². The Morgan fingerprint density at radius 3 is 2.70 bits per heavy atom. The highest BCUT2D eigenvalue weighted by Crippen LogP contribution is 2.25. The highest BCUT2D eigenvalue weighted by Gasteiger charge is 2.07. The van der Waals surface area contributed by atoms with Gasteiger partial charge in [-0.2, -0.15) is 5.10 Å². The number of benzene rings is 1. The second kappa shape index (κ2) is 6.43. The van der Waals surface area contributed by atoms with Crippen molar-refractivity contribution in [2.75, 3.05) is 7.11 Å². The topological polar surface area (TPSA) is 62.3 Å². The van der Waals surface area contributed by atoms with E-state index in [2.05, 4.69) is 18.9 Å². The molecule has 20 heavy (non-hydrogen) atoms. The summed E-state index contributed by atoms with van der Waals surface area (Å²) in [4.78, 5) is 0. The van der Waals surface area contributed by atoms with Gasteiger partial charge in [0, 0.05) is 30.4 Å². The Kier molecular flexibility index (Phi) is 4.63. The van der Waals surface area contributed by atoms with Gasteiger partial charge in [0.25, 0.3) is 0 Å². The highest BCUT2D eigenvalue weighted by atomic mass is 16.5. The molecule has 0 amide bonds. The SMILES string of the molecule is COc1ccc(CN)c(OCc2ccn(C(C)C)n2)c1. The fraction of sp³-hybridized carbons (Fsp3) is 0.400. The van der Waals surface area contributed by atoms with Crippen molar-refractivity contribution in [3.8, 4) is 11.5 Å². The van der Waals surface area contributed by atoms with Crippen molar-refractivity contribution in [1.29, 1.82) is 0 Å². The van der Waals surface area contributed by atoms with Gasteiger partial charge in [-0.3, -0.25) is 4.68 Å². The van der Waals surface area contributed by atoms with Crippen LogP contribution >= 0.6 is 0 Å². The Morgan fingerprint density at radius 2 is 2.10 bits per heavy atom. The van der Waals surface area contributed by atoms with Crippen LogP contribution in [-0.4, -0.2) is 16.9 Å². The summed E-state index contributed by atoms with van der Waals surface area (Å²) < 4.78 is 12.9. The minimum Gasteiger partial charge on any atom is -0.497 e. The fourth-order valence-electron chi connectivity index (χ4n) is 1.86. The number of hydrogen-bond acceptors (Lipinski definition) is 4. The van der Waals surface area contributed by atoms with Gasteiger partial charge >= 0.3 is 0 Å². The van der Waals surface area contributed by atoms with E-state index in [1.165, 1.54) is 0 Å². The van der Waals surface area contributed by atoms with Gasteiger partial charge in [-0.15, -0.1) is 0 Å². The standard InChI is InChI=1S/C15H21N3O2/c1-11(2)18-7-6-13(17-18)10-20-15-8-14(19-3)5-4-12(15)9-16/h4-8,11H,9-10,16H2,1-3H3. The van der Waals surface area contributed by atoms with Crippen molar-refractivity contribution >= 4 is 0 Å². The Hall–Kier alpha value is -2.01. The molecule has 1 aromatic carbocycles. The van der Waals surface area contributed by atoms with E-state index in [1.54, 1.807) is 7.11 Å². The summed E-state index contributed by atoms with van der Waals surface area (Å²) in [6.07, 6.45) is 1.96. The molecule has 5 heteroatoms. The summed E-state index contributed by atoms with van der Waals surface area (Å²) in [6, 6.07) is 7.95. The molecule has 0 radical (unpaired) electrons. The molecule has 108 valence electrons. The van der Waals surface area contributed by atoms with E-state index < -0.39 is 0 Å². The molecule has 0 aliphatic carbocycles. The van der Waals surface area contributed by atoms with E-state index in [-0.39, 0.29) is 0 Å². The molecule has 1 heterocycles. The van der Waals surface area contributed by atoms with Crippen LogP contribution < -0.4 is 15.2 Å². The molecule has 5 nitrogen and oxygen atoms in total. The summed E-state index contributed by atoms with van der Waals surface area (Å²) in [5.74, 6) is 1.50. The summed E-state index contributed by atoms with van der Waals surface area (Å²) in [5, 5.41) is 4.45. The molecule has 2 rings (SSSR count). The predicted molar refractivity (Wildman–Crippen MR) is 77.8 cm³/mol. The lowest BCUT2D eigenvalue weighted by Crippen LogP contribution is -2.05. The molecule has 0 saturated heterocycles. The zero-order chi connectivity index (χ0) is 14.5. The maximum atomic E-state index is 5.81. The molecule has 0 aliphatic heterocycles. The first kappa shape index (κ1) is 14.4. The summed E-state index contributed by atoms with van der Waals surface area (Å²) in [5.41, 5.74) is 7.56. The van der Waals surface area contributed by atoms with Crippen molar-refractivity contribution in [3.05, 3.63) is 41.7 Å². The number of aromatic nitrogens is 2. The van der Waals surface area contributed by atoms with Crippen LogP contribution in [0.4, 0.5) is 0 Å². The van der Waals surface area contributed by atoms with Gasteiger partial charge in [0.1, 0.15) is 18.1 Å². The van der Waals surface area contributed by atoms with Gasteiger partial charge in [0.15, 0.2) is 0 Å². The van der Waals surface area contributed by atoms with Crippen LogP contribution in [0.3, 0.4) is 0 Å². The van der Waals surface area contributed by atoms with Crippen molar-refractivity contribution in [1.82, 2.24) is 9.78 Å². The van der Waals surface area contributed by atoms with Crippen LogP contribution in [0.1, 0.15) is 31.1 Å². The molecule has 2 N–H and O–H groups in total. The lowest BCUT2D eigenvalue weighted by molar-refractivity contribution is 0.293. The highest BCUT2D eigenvalue weighted by molar-refractivity contribution is 5.40. The van der Waals surface area contributed by atoms with Gasteiger partial charge in [-0.25, -0.2) is 0 Å². The Labute approximate surface area is 119 Å². The number of nitrogens with two attached hydrogens (primary N) is 1. The minimum absolute atomic E-state index is 0.347. The molecule has 0 bridgehead atoms. The first-order valence-electron chi connectivity index (χ1n) is 6.68. The normalized spacial score (nSPS) is 10.8. The van der Waals surface area contributed by atoms with Crippen molar-refractivity contribution < 1.29 is 9.47 Å². The molecule has 0 aliphatic rings. The minimum atomic E-state index is 0.347. The number of rotatable bonds is 6. The Balaban J connectivity index is 2.09. The first-order chi connectivity index (χ1) is 9.63. The van der Waals surface area contributed by atoms with E-state index in [0.717, 1.165) is 22.8 Å². The zero-order valence-electron chi connectivity index (χ0n) is 12.2. The molecular formula is C15H21N3O2. The lowest BCUT2D eigenvalue weighted by atomic mass is 10.2. The molecule has 0 atom stereocenters. The maximum absolute atomic E-state index is 5.81. The molecule has 0 spiro atoms. The van der Waals surface area contributed by atoms with Crippen molar-refractivity contribution in [2.24, 2.45) is 5.73 Å². The van der Waals surface area contributed by atoms with E-state index in [9.17, 15) is 0 Å². The summed E-state index contributed by atoms with van der Waals surface area (Å²) in [7, 11) is 1.63. The van der Waals surface area contributed by atoms with E-state index in [1.807, 2.05) is 35.1 Å². The third kappa shape index (κ3) is 3.30. The first-order valence-corrected chi connectivity index (χ1v) is 6.68. The Bertz CT molecular complexity index is 564. The molecule has 1 aromatic heterocycles. The smallest absolute Gasteiger partial charge is 0.132 e. The lowest BCUT2D eigenvalue weighted by Gasteiger charge is -2.11. The van der Waals surface area contributed by atoms with Crippen LogP contribution in [0.5, 0.6) is 11.5 Å². The number of hydrogen-bond donors (Lipinski definition) is 1. The number of methoxy groups -OCH3 is 1. The molecule has 2 aromatic rings. The zero-order valence-corrected chi connectivity index (χ0v) is 12.2. The fourth-order valence-corrected chi connectivity index (χ4v) is 1.86. The summed E-state index contributed by atoms with van der Waals surface area (Å²) in [6.45, 7) is 5.03. The van der Waals surface area contributed by atoms with Crippen molar-refractivity contribution in [3.63, 3.8) is 0 Å². The number of ether oxygens (including phenoxy) is 2. The molecule has 0 saturated carbocycles. The van der Waals surface area contributed by atoms with Crippen LogP contribution in [0.2, 0.25) is 0 Å². The second-order valence-corrected chi connectivity index (χ2v) is 4.85. The number of nitrogens with zero attached hydrogens (tertiary/aromatic N) is 2. The largest absolute Gasteiger partial charge is 0.497 e. The third-order valence-electron chi connectivity index (χ3n) is 3.06. The monoisotopic (exact) mass is 275 g/mol. The van der Waals surface area contributed by atoms with Crippen LogP contribution in [0.25, 0.3) is 0 Å². The quantitative estimate of drug-likeness (QED) is 0.880. The van der Waals surface area contributed by atoms with Crippen LogP contribution in [0.15, 0.2) is 30.5 Å². The van der Waals surface area contributed by atoms with E-state index in [0.29, 0.717) is 19.2 Å². The molecular weight excluding hydrogens is 254 g/mol. The average Bonchev–Trinajstić information content (AvgIpc) is 2.93. The second-order valence-electron chi connectivity index (χ2n) is 4.85. The average molecular weight is 275 g/mol.